The minimum Gasteiger partial charge on any atom is -0.221 e. The van der Waals surface area contributed by atoms with Crippen LogP contribution >= 0.6 is 8.25 Å². The predicted molar refractivity (Wildman–Crippen MR) is 111 cm³/mol. The van der Waals surface area contributed by atoms with Crippen molar-refractivity contribution in [3.8, 4) is 56.0 Å². The number of hydrogen-bond donors (Lipinski definition) is 0. The van der Waals surface area contributed by atoms with Gasteiger partial charge in [0.25, 0.3) is 0 Å². The first-order valence-electron chi connectivity index (χ1n) is 9.10. The molecule has 0 aliphatic heterocycles. The third-order valence-corrected chi connectivity index (χ3v) is 6.06. The van der Waals surface area contributed by atoms with Crippen LogP contribution in [0.5, 0.6) is 11.5 Å². The Hall–Kier alpha value is -3.42. The summed E-state index contributed by atoms with van der Waals surface area (Å²) in [6, 6.07) is 27.9. The Labute approximate surface area is 163 Å². The summed E-state index contributed by atoms with van der Waals surface area (Å²) in [6.45, 7) is 0. The van der Waals surface area contributed by atoms with Crippen molar-refractivity contribution >= 4 is 8.25 Å². The van der Waals surface area contributed by atoms with Gasteiger partial charge in [-0.2, -0.15) is 0 Å². The third kappa shape index (κ3) is 2.11. The maximum atomic E-state index is 12.7. The number of hydrogen-bond acceptors (Lipinski definition) is 3. The van der Waals surface area contributed by atoms with Crippen LogP contribution in [-0.2, 0) is 4.57 Å². The van der Waals surface area contributed by atoms with Crippen LogP contribution in [-0.4, -0.2) is 0 Å². The molecule has 0 saturated carbocycles. The molecular weight excluding hydrogens is 367 g/mol. The molecule has 0 radical (unpaired) electrons. The molecule has 0 atom stereocenters. The first-order chi connectivity index (χ1) is 13.8. The van der Waals surface area contributed by atoms with E-state index in [-0.39, 0.29) is 0 Å². The van der Waals surface area contributed by atoms with Gasteiger partial charge in [-0.15, -0.1) is 0 Å². The van der Waals surface area contributed by atoms with Crippen LogP contribution in [0.4, 0.5) is 0 Å². The molecule has 0 fully saturated rings. The van der Waals surface area contributed by atoms with Crippen molar-refractivity contribution in [3.63, 3.8) is 0 Å². The van der Waals surface area contributed by atoms with Crippen molar-refractivity contribution in [1.82, 2.24) is 0 Å². The Bertz CT molecular complexity index is 1190. The van der Waals surface area contributed by atoms with E-state index < -0.39 is 8.25 Å². The molecule has 0 aromatic heterocycles. The molecular formula is C24H14O3P+. The molecule has 0 heterocycles. The Morgan fingerprint density at radius 3 is 1.32 bits per heavy atom. The van der Waals surface area contributed by atoms with E-state index in [1.54, 1.807) is 0 Å². The van der Waals surface area contributed by atoms with E-state index in [2.05, 4.69) is 36.4 Å². The van der Waals surface area contributed by atoms with Crippen LogP contribution in [0.2, 0.25) is 0 Å². The van der Waals surface area contributed by atoms with Gasteiger partial charge in [-0.25, -0.2) is 9.05 Å². The fourth-order valence-corrected chi connectivity index (χ4v) is 4.81. The van der Waals surface area contributed by atoms with Crippen LogP contribution in [0.25, 0.3) is 44.5 Å². The van der Waals surface area contributed by atoms with Crippen LogP contribution in [0.1, 0.15) is 0 Å². The smallest absolute Gasteiger partial charge is 0.221 e. The number of fused-ring (bicyclic) bond motifs is 8. The topological polar surface area (TPSA) is 35.5 Å². The average Bonchev–Trinajstić information content (AvgIpc) is 2.69. The molecule has 3 nitrogen and oxygen atoms in total. The molecule has 0 N–H and O–H groups in total. The standard InChI is InChI=1S/C24H14O3P/c25-28(26-21-13-5-11-19-15-7-1-3-9-17(15)23(19)21)27-22-14-6-12-20-16-8-2-4-10-18(16)24(20)22/h1-14H/q+1. The van der Waals surface area contributed by atoms with Gasteiger partial charge in [0.05, 0.1) is 0 Å². The molecule has 132 valence electrons. The van der Waals surface area contributed by atoms with E-state index in [0.717, 1.165) is 33.4 Å². The summed E-state index contributed by atoms with van der Waals surface area (Å²) < 4.78 is 24.1. The van der Waals surface area contributed by atoms with Crippen molar-refractivity contribution in [2.75, 3.05) is 0 Å². The predicted octanol–water partition coefficient (Wildman–Crippen LogP) is 7.10. The number of rotatable bonds is 4. The first-order valence-corrected chi connectivity index (χ1v) is 10.2. The van der Waals surface area contributed by atoms with E-state index in [1.807, 2.05) is 48.5 Å². The van der Waals surface area contributed by atoms with Gasteiger partial charge >= 0.3 is 8.25 Å². The van der Waals surface area contributed by atoms with E-state index in [0.29, 0.717) is 11.5 Å². The van der Waals surface area contributed by atoms with E-state index >= 15 is 0 Å². The zero-order valence-corrected chi connectivity index (χ0v) is 15.6. The third-order valence-electron chi connectivity index (χ3n) is 5.37. The Kier molecular flexibility index (Phi) is 3.23. The molecule has 4 aromatic carbocycles. The Morgan fingerprint density at radius 2 is 0.857 bits per heavy atom. The highest BCUT2D eigenvalue weighted by Crippen LogP contribution is 2.55. The van der Waals surface area contributed by atoms with Crippen molar-refractivity contribution in [1.29, 1.82) is 0 Å². The van der Waals surface area contributed by atoms with Gasteiger partial charge in [-0.3, -0.25) is 0 Å². The summed E-state index contributed by atoms with van der Waals surface area (Å²) in [6.07, 6.45) is 0. The van der Waals surface area contributed by atoms with Gasteiger partial charge in [0.15, 0.2) is 11.5 Å². The minimum atomic E-state index is -2.35. The molecule has 0 saturated heterocycles. The van der Waals surface area contributed by atoms with Gasteiger partial charge in [-0.1, -0.05) is 72.8 Å². The fourth-order valence-electron chi connectivity index (χ4n) is 4.15. The zero-order chi connectivity index (χ0) is 18.7. The first kappa shape index (κ1) is 15.6. The molecule has 0 spiro atoms. The lowest BCUT2D eigenvalue weighted by Crippen LogP contribution is -2.03. The van der Waals surface area contributed by atoms with E-state index in [9.17, 15) is 4.57 Å². The van der Waals surface area contributed by atoms with Crippen LogP contribution in [0.15, 0.2) is 84.9 Å². The maximum Gasteiger partial charge on any atom is 0.805 e. The molecule has 0 bridgehead atoms. The fraction of sp³-hybridized carbons (Fsp3) is 0. The molecule has 6 rings (SSSR count). The second-order valence-electron chi connectivity index (χ2n) is 6.85. The van der Waals surface area contributed by atoms with Gasteiger partial charge in [0.2, 0.25) is 0 Å². The molecule has 4 aromatic rings. The minimum absolute atomic E-state index is 0.590. The highest BCUT2D eigenvalue weighted by molar-refractivity contribution is 7.34. The van der Waals surface area contributed by atoms with Crippen molar-refractivity contribution in [2.24, 2.45) is 0 Å². The van der Waals surface area contributed by atoms with Gasteiger partial charge < -0.3 is 0 Å². The monoisotopic (exact) mass is 381 g/mol. The summed E-state index contributed by atoms with van der Waals surface area (Å²) in [5.41, 5.74) is 8.86. The van der Waals surface area contributed by atoms with Crippen LogP contribution in [0.3, 0.4) is 0 Å². The summed E-state index contributed by atoms with van der Waals surface area (Å²) in [5, 5.41) is 0. The SMILES string of the molecule is O=[P+](Oc1cccc2c1-c1ccccc1-2)Oc1cccc2c1-c1ccccc1-2. The second-order valence-corrected chi connectivity index (χ2v) is 7.67. The Balaban J connectivity index is 1.29. The molecule has 0 amide bonds. The van der Waals surface area contributed by atoms with Gasteiger partial charge in [0.1, 0.15) is 0 Å². The van der Waals surface area contributed by atoms with Crippen molar-refractivity contribution < 1.29 is 13.6 Å². The lowest BCUT2D eigenvalue weighted by atomic mass is 9.80. The van der Waals surface area contributed by atoms with E-state index in [1.165, 1.54) is 11.1 Å². The summed E-state index contributed by atoms with van der Waals surface area (Å²) in [4.78, 5) is 0. The lowest BCUT2D eigenvalue weighted by molar-refractivity contribution is 0.416. The van der Waals surface area contributed by atoms with Crippen molar-refractivity contribution in [3.05, 3.63) is 84.9 Å². The summed E-state index contributed by atoms with van der Waals surface area (Å²) in [5.74, 6) is 1.18. The highest BCUT2D eigenvalue weighted by atomic mass is 31.1. The molecule has 2 aliphatic rings. The van der Waals surface area contributed by atoms with Crippen LogP contribution < -0.4 is 9.05 Å². The quantitative estimate of drug-likeness (QED) is 0.306. The summed E-state index contributed by atoms with van der Waals surface area (Å²) >= 11 is 0. The van der Waals surface area contributed by atoms with E-state index in [4.69, 9.17) is 9.05 Å². The zero-order valence-electron chi connectivity index (χ0n) is 14.8. The summed E-state index contributed by atoms with van der Waals surface area (Å²) in [7, 11) is -2.35. The number of benzene rings is 4. The van der Waals surface area contributed by atoms with Crippen LogP contribution in [0, 0.1) is 0 Å². The van der Waals surface area contributed by atoms with Gasteiger partial charge in [0, 0.05) is 15.7 Å². The maximum absolute atomic E-state index is 12.7. The van der Waals surface area contributed by atoms with Crippen molar-refractivity contribution in [2.45, 2.75) is 0 Å². The second kappa shape index (κ2) is 5.79. The average molecular weight is 381 g/mol. The molecule has 4 heteroatoms. The lowest BCUT2D eigenvalue weighted by Gasteiger charge is -2.24. The largest absolute Gasteiger partial charge is 0.805 e. The Morgan fingerprint density at radius 1 is 0.464 bits per heavy atom. The molecule has 28 heavy (non-hydrogen) atoms. The normalized spacial score (nSPS) is 11.7. The molecule has 2 aliphatic carbocycles. The molecule has 0 unspecified atom stereocenters. The van der Waals surface area contributed by atoms with Gasteiger partial charge in [-0.05, 0) is 45.5 Å². The highest BCUT2D eigenvalue weighted by Gasteiger charge is 2.35.